The minimum absolute atomic E-state index is 0.0921. The molecule has 40 heavy (non-hydrogen) atoms. The number of halogens is 6. The van der Waals surface area contributed by atoms with Crippen LogP contribution in [0.25, 0.3) is 11.1 Å². The van der Waals surface area contributed by atoms with E-state index in [4.69, 9.17) is 72.2 Å². The third-order valence-electron chi connectivity index (χ3n) is 5.83. The standard InChI is InChI=1S/C30H22BrCl5O4/c31-10-3-11-38-26-7-2-6-23(30(26)36)22-5-1-4-18(29(22)35)16-40-28-14-27(19(15-37)13-25(28)34)39-17-20-12-21(32)8-9-24(20)33/h1-2,4-9,12-15H,3,10-11,16-17H2. The van der Waals surface area contributed by atoms with Gasteiger partial charge < -0.3 is 14.2 Å². The molecule has 0 saturated heterocycles. The summed E-state index contributed by atoms with van der Waals surface area (Å²) in [5, 5.41) is 3.06. The second-order valence-corrected chi connectivity index (χ2v) is 11.3. The zero-order valence-electron chi connectivity index (χ0n) is 20.9. The van der Waals surface area contributed by atoms with E-state index in [-0.39, 0.29) is 29.5 Å². The average Bonchev–Trinajstić information content (AvgIpc) is 2.95. The summed E-state index contributed by atoms with van der Waals surface area (Å²) in [5.41, 5.74) is 3.13. The quantitative estimate of drug-likeness (QED) is 0.0837. The lowest BCUT2D eigenvalue weighted by Crippen LogP contribution is -2.02. The number of aldehydes is 1. The first-order valence-electron chi connectivity index (χ1n) is 12.1. The monoisotopic (exact) mass is 700 g/mol. The molecule has 4 rings (SSSR count). The summed E-state index contributed by atoms with van der Waals surface area (Å²) in [7, 11) is 0. The van der Waals surface area contributed by atoms with Crippen molar-refractivity contribution in [2.75, 3.05) is 11.9 Å². The Balaban J connectivity index is 1.54. The van der Waals surface area contributed by atoms with E-state index < -0.39 is 0 Å². The lowest BCUT2D eigenvalue weighted by molar-refractivity contribution is 0.111. The van der Waals surface area contributed by atoms with Crippen molar-refractivity contribution in [1.82, 2.24) is 0 Å². The third kappa shape index (κ3) is 7.58. The van der Waals surface area contributed by atoms with Gasteiger partial charge in [-0.15, -0.1) is 0 Å². The van der Waals surface area contributed by atoms with Crippen molar-refractivity contribution in [2.24, 2.45) is 0 Å². The van der Waals surface area contributed by atoms with Gasteiger partial charge in [0.15, 0.2) is 6.29 Å². The topological polar surface area (TPSA) is 44.8 Å². The second-order valence-electron chi connectivity index (χ2n) is 8.54. The minimum Gasteiger partial charge on any atom is -0.492 e. The predicted octanol–water partition coefficient (Wildman–Crippen LogP) is 10.8. The van der Waals surface area contributed by atoms with Crippen molar-refractivity contribution in [3.05, 3.63) is 109 Å². The van der Waals surface area contributed by atoms with Gasteiger partial charge >= 0.3 is 0 Å². The number of ether oxygens (including phenoxy) is 3. The van der Waals surface area contributed by atoms with Crippen LogP contribution in [0.4, 0.5) is 0 Å². The van der Waals surface area contributed by atoms with E-state index in [1.165, 1.54) is 6.07 Å². The van der Waals surface area contributed by atoms with Crippen LogP contribution in [0.1, 0.15) is 27.9 Å². The molecule has 10 heteroatoms. The highest BCUT2D eigenvalue weighted by atomic mass is 79.9. The molecule has 0 fully saturated rings. The molecule has 0 saturated carbocycles. The lowest BCUT2D eigenvalue weighted by Gasteiger charge is -2.16. The van der Waals surface area contributed by atoms with Crippen molar-refractivity contribution in [3.63, 3.8) is 0 Å². The summed E-state index contributed by atoms with van der Waals surface area (Å²) in [6, 6.07) is 19.3. The van der Waals surface area contributed by atoms with Crippen molar-refractivity contribution in [3.8, 4) is 28.4 Å². The zero-order chi connectivity index (χ0) is 28.6. The number of benzene rings is 4. The minimum atomic E-state index is 0.0921. The molecule has 0 aliphatic carbocycles. The number of carbonyl (C=O) groups excluding carboxylic acids is 1. The highest BCUT2D eigenvalue weighted by Crippen LogP contribution is 2.40. The van der Waals surface area contributed by atoms with Crippen LogP contribution in [0, 0.1) is 0 Å². The first kappa shape index (κ1) is 30.8. The SMILES string of the molecule is O=Cc1cc(Cl)c(OCc2cccc(-c3cccc(OCCCBr)c3Cl)c2Cl)cc1OCc1cc(Cl)ccc1Cl. The highest BCUT2D eigenvalue weighted by Gasteiger charge is 2.16. The molecule has 0 unspecified atom stereocenters. The number of carbonyl (C=O) groups is 1. The Labute approximate surface area is 266 Å². The Hall–Kier alpha value is -2.12. The van der Waals surface area contributed by atoms with E-state index in [0.29, 0.717) is 55.6 Å². The van der Waals surface area contributed by atoms with Gasteiger partial charge in [-0.3, -0.25) is 4.79 Å². The summed E-state index contributed by atoms with van der Waals surface area (Å²) in [4.78, 5) is 11.7. The average molecular weight is 704 g/mol. The number of rotatable bonds is 12. The van der Waals surface area contributed by atoms with Gasteiger partial charge in [-0.2, -0.15) is 0 Å². The molecule has 208 valence electrons. The Morgan fingerprint density at radius 2 is 1.38 bits per heavy atom. The molecule has 0 N–H and O–H groups in total. The summed E-state index contributed by atoms with van der Waals surface area (Å²) in [6.45, 7) is 0.734. The number of alkyl halides is 1. The van der Waals surface area contributed by atoms with Gasteiger partial charge in [0.2, 0.25) is 0 Å². The molecule has 0 amide bonds. The Bertz CT molecular complexity index is 1510. The molecule has 4 aromatic rings. The van der Waals surface area contributed by atoms with Crippen LogP contribution >= 0.6 is 73.9 Å². The van der Waals surface area contributed by atoms with E-state index in [2.05, 4.69) is 15.9 Å². The lowest BCUT2D eigenvalue weighted by atomic mass is 10.0. The molecule has 0 aliphatic rings. The molecule has 0 spiro atoms. The molecule has 4 aromatic carbocycles. The fourth-order valence-electron chi connectivity index (χ4n) is 3.81. The summed E-state index contributed by atoms with van der Waals surface area (Å²) in [5.74, 6) is 1.20. The normalized spacial score (nSPS) is 10.8. The fraction of sp³-hybridized carbons (Fsp3) is 0.167. The Morgan fingerprint density at radius 1 is 0.675 bits per heavy atom. The molecule has 0 bridgehead atoms. The van der Waals surface area contributed by atoms with Gasteiger partial charge in [-0.1, -0.05) is 104 Å². The molecular formula is C30H22BrCl5O4. The highest BCUT2D eigenvalue weighted by molar-refractivity contribution is 9.09. The van der Waals surface area contributed by atoms with E-state index in [1.54, 1.807) is 24.3 Å². The van der Waals surface area contributed by atoms with Crippen molar-refractivity contribution in [2.45, 2.75) is 19.6 Å². The van der Waals surface area contributed by atoms with Crippen LogP contribution in [0.3, 0.4) is 0 Å². The maximum Gasteiger partial charge on any atom is 0.153 e. The van der Waals surface area contributed by atoms with Gasteiger partial charge in [0.25, 0.3) is 0 Å². The van der Waals surface area contributed by atoms with Crippen LogP contribution in [-0.2, 0) is 13.2 Å². The molecule has 0 heterocycles. The zero-order valence-corrected chi connectivity index (χ0v) is 26.2. The van der Waals surface area contributed by atoms with Gasteiger partial charge in [-0.25, -0.2) is 0 Å². The second kappa shape index (κ2) is 14.7. The molecule has 0 aliphatic heterocycles. The first-order chi connectivity index (χ1) is 19.3. The van der Waals surface area contributed by atoms with Gasteiger partial charge in [0.1, 0.15) is 30.5 Å². The van der Waals surface area contributed by atoms with E-state index >= 15 is 0 Å². The smallest absolute Gasteiger partial charge is 0.153 e. The van der Waals surface area contributed by atoms with Crippen molar-refractivity contribution in [1.29, 1.82) is 0 Å². The Kier molecular flexibility index (Phi) is 11.3. The summed E-state index contributed by atoms with van der Waals surface area (Å²) < 4.78 is 17.7. The van der Waals surface area contributed by atoms with Crippen LogP contribution in [0.15, 0.2) is 66.7 Å². The van der Waals surface area contributed by atoms with Crippen molar-refractivity contribution < 1.29 is 19.0 Å². The van der Waals surface area contributed by atoms with E-state index in [9.17, 15) is 4.79 Å². The predicted molar refractivity (Wildman–Crippen MR) is 168 cm³/mol. The number of hydrogen-bond acceptors (Lipinski definition) is 4. The maximum atomic E-state index is 11.7. The summed E-state index contributed by atoms with van der Waals surface area (Å²) in [6.07, 6.45) is 1.51. The molecule has 0 atom stereocenters. The molecule has 0 aromatic heterocycles. The van der Waals surface area contributed by atoms with Crippen LogP contribution in [0.2, 0.25) is 25.1 Å². The number of hydrogen-bond donors (Lipinski definition) is 0. The largest absolute Gasteiger partial charge is 0.492 e. The van der Waals surface area contributed by atoms with Crippen molar-refractivity contribution >= 4 is 80.2 Å². The fourth-order valence-corrected chi connectivity index (χ4v) is 5.20. The molecule has 0 radical (unpaired) electrons. The molecular weight excluding hydrogens is 681 g/mol. The first-order valence-corrected chi connectivity index (χ1v) is 15.1. The van der Waals surface area contributed by atoms with E-state index in [0.717, 1.165) is 22.9 Å². The van der Waals surface area contributed by atoms with Crippen LogP contribution in [-0.4, -0.2) is 18.2 Å². The maximum absolute atomic E-state index is 11.7. The van der Waals surface area contributed by atoms with Gasteiger partial charge in [0, 0.05) is 43.7 Å². The molecule has 4 nitrogen and oxygen atoms in total. The van der Waals surface area contributed by atoms with E-state index in [1.807, 2.05) is 36.4 Å². The van der Waals surface area contributed by atoms with Crippen LogP contribution in [0.5, 0.6) is 17.2 Å². The third-order valence-corrected chi connectivity index (χ3v) is 8.13. The summed E-state index contributed by atoms with van der Waals surface area (Å²) >= 11 is 35.6. The van der Waals surface area contributed by atoms with Gasteiger partial charge in [0.05, 0.1) is 27.2 Å². The Morgan fingerprint density at radius 3 is 2.12 bits per heavy atom. The van der Waals surface area contributed by atoms with Crippen LogP contribution < -0.4 is 14.2 Å². The van der Waals surface area contributed by atoms with Gasteiger partial charge in [-0.05, 0) is 36.8 Å².